The molecule has 0 saturated carbocycles. The van der Waals surface area contributed by atoms with Gasteiger partial charge in [-0.2, -0.15) is 0 Å². The van der Waals surface area contributed by atoms with Gasteiger partial charge in [-0.05, 0) is 55.3 Å². The number of nitrogens with zero attached hydrogens (tertiary/aromatic N) is 1. The molecule has 2 aromatic carbocycles. The number of fused-ring (bicyclic) bond motifs is 1. The van der Waals surface area contributed by atoms with Crippen LogP contribution in [0.25, 0.3) is 22.3 Å². The van der Waals surface area contributed by atoms with Crippen LogP contribution in [-0.4, -0.2) is 24.7 Å². The number of aliphatic carboxylic acids is 1. The molecule has 1 N–H and O–H groups in total. The van der Waals surface area contributed by atoms with Crippen molar-refractivity contribution in [1.29, 1.82) is 0 Å². The maximum absolute atomic E-state index is 10.9. The fourth-order valence-electron chi connectivity index (χ4n) is 2.80. The number of benzene rings is 2. The number of ether oxygens (including phenoxy) is 1. The van der Waals surface area contributed by atoms with Gasteiger partial charge in [-0.1, -0.05) is 6.07 Å². The standard InChI is InChI=1S/C20H19NO4/c1-12-8-13(2)20-16(9-12)17(21-11-19(22)23)10-18(25-20)14-4-6-15(24-3)7-5-14/h4-10H,11H2,1-3H3,(H,22,23). The summed E-state index contributed by atoms with van der Waals surface area (Å²) in [5.74, 6) is 0.419. The molecule has 0 radical (unpaired) electrons. The second kappa shape index (κ2) is 6.81. The van der Waals surface area contributed by atoms with Crippen LogP contribution < -0.4 is 10.1 Å². The molecule has 0 saturated heterocycles. The zero-order valence-corrected chi connectivity index (χ0v) is 14.4. The highest BCUT2D eigenvalue weighted by Gasteiger charge is 2.09. The Kier molecular flexibility index (Phi) is 4.57. The maximum atomic E-state index is 10.9. The molecule has 1 heterocycles. The Bertz CT molecular complexity index is 1000. The number of methoxy groups -OCH3 is 1. The molecule has 3 rings (SSSR count). The molecular weight excluding hydrogens is 318 g/mol. The predicted molar refractivity (Wildman–Crippen MR) is 95.7 cm³/mol. The van der Waals surface area contributed by atoms with Gasteiger partial charge in [-0.25, -0.2) is 0 Å². The van der Waals surface area contributed by atoms with Crippen LogP contribution in [0.3, 0.4) is 0 Å². The quantitative estimate of drug-likeness (QED) is 0.788. The van der Waals surface area contributed by atoms with E-state index in [-0.39, 0.29) is 6.54 Å². The number of carboxylic acid groups (broad SMARTS) is 1. The molecule has 5 heteroatoms. The van der Waals surface area contributed by atoms with Crippen LogP contribution in [0.15, 0.2) is 51.9 Å². The summed E-state index contributed by atoms with van der Waals surface area (Å²) in [6, 6.07) is 13.3. The molecule has 128 valence electrons. The van der Waals surface area contributed by atoms with Gasteiger partial charge < -0.3 is 14.3 Å². The van der Waals surface area contributed by atoms with Crippen LogP contribution >= 0.6 is 0 Å². The van der Waals surface area contributed by atoms with Gasteiger partial charge in [0.05, 0.1) is 12.5 Å². The highest BCUT2D eigenvalue weighted by Crippen LogP contribution is 2.26. The summed E-state index contributed by atoms with van der Waals surface area (Å²) in [5.41, 5.74) is 3.64. The van der Waals surface area contributed by atoms with E-state index in [0.717, 1.165) is 27.8 Å². The van der Waals surface area contributed by atoms with Crippen molar-refractivity contribution in [3.05, 3.63) is 58.9 Å². The molecule has 0 spiro atoms. The maximum Gasteiger partial charge on any atom is 0.325 e. The Labute approximate surface area is 145 Å². The first kappa shape index (κ1) is 16.8. The lowest BCUT2D eigenvalue weighted by atomic mass is 10.1. The molecule has 25 heavy (non-hydrogen) atoms. The number of hydrogen-bond donors (Lipinski definition) is 1. The molecule has 0 aliphatic carbocycles. The lowest BCUT2D eigenvalue weighted by molar-refractivity contribution is -0.135. The van der Waals surface area contributed by atoms with Crippen LogP contribution in [0.5, 0.6) is 5.75 Å². The zero-order valence-electron chi connectivity index (χ0n) is 14.4. The first-order valence-corrected chi connectivity index (χ1v) is 7.90. The Morgan fingerprint density at radius 1 is 1.16 bits per heavy atom. The summed E-state index contributed by atoms with van der Waals surface area (Å²) in [5, 5.41) is 10.4. The van der Waals surface area contributed by atoms with Crippen LogP contribution in [0.1, 0.15) is 11.1 Å². The molecule has 3 aromatic rings. The summed E-state index contributed by atoms with van der Waals surface area (Å²) in [6.45, 7) is 3.68. The molecule has 0 unspecified atom stereocenters. The van der Waals surface area contributed by atoms with E-state index in [4.69, 9.17) is 14.3 Å². The van der Waals surface area contributed by atoms with Gasteiger partial charge in [-0.3, -0.25) is 9.79 Å². The molecule has 0 aliphatic heterocycles. The van der Waals surface area contributed by atoms with E-state index in [2.05, 4.69) is 4.99 Å². The number of aryl methyl sites for hydroxylation is 2. The second-order valence-corrected chi connectivity index (χ2v) is 5.89. The normalized spacial score (nSPS) is 11.7. The van der Waals surface area contributed by atoms with Crippen molar-refractivity contribution >= 4 is 16.9 Å². The highest BCUT2D eigenvalue weighted by molar-refractivity contribution is 5.82. The average Bonchev–Trinajstić information content (AvgIpc) is 2.59. The average molecular weight is 337 g/mol. The van der Waals surface area contributed by atoms with Crippen molar-refractivity contribution in [2.24, 2.45) is 4.99 Å². The van der Waals surface area contributed by atoms with Gasteiger partial charge in [0.15, 0.2) is 0 Å². The first-order chi connectivity index (χ1) is 12.0. The van der Waals surface area contributed by atoms with Crippen molar-refractivity contribution in [2.75, 3.05) is 13.7 Å². The summed E-state index contributed by atoms with van der Waals surface area (Å²) in [4.78, 5) is 15.2. The third kappa shape index (κ3) is 3.55. The topological polar surface area (TPSA) is 72.0 Å². The van der Waals surface area contributed by atoms with Crippen LogP contribution in [-0.2, 0) is 4.79 Å². The number of rotatable bonds is 4. The first-order valence-electron chi connectivity index (χ1n) is 7.90. The molecule has 0 bridgehead atoms. The fraction of sp³-hybridized carbons (Fsp3) is 0.200. The number of hydrogen-bond acceptors (Lipinski definition) is 4. The molecule has 0 atom stereocenters. The third-order valence-corrected chi connectivity index (χ3v) is 3.93. The van der Waals surface area contributed by atoms with Crippen molar-refractivity contribution in [3.63, 3.8) is 0 Å². The van der Waals surface area contributed by atoms with Crippen molar-refractivity contribution in [1.82, 2.24) is 0 Å². The largest absolute Gasteiger partial charge is 0.497 e. The Morgan fingerprint density at radius 3 is 2.52 bits per heavy atom. The fourth-order valence-corrected chi connectivity index (χ4v) is 2.80. The monoisotopic (exact) mass is 337 g/mol. The summed E-state index contributed by atoms with van der Waals surface area (Å²) in [6.07, 6.45) is 0. The Hall–Kier alpha value is -3.08. The predicted octanol–water partition coefficient (Wildman–Crippen LogP) is 3.71. The lowest BCUT2D eigenvalue weighted by Crippen LogP contribution is -2.10. The van der Waals surface area contributed by atoms with E-state index >= 15 is 0 Å². The van der Waals surface area contributed by atoms with Crippen LogP contribution in [0.2, 0.25) is 0 Å². The van der Waals surface area contributed by atoms with Crippen molar-refractivity contribution in [3.8, 4) is 17.1 Å². The van der Waals surface area contributed by atoms with Gasteiger partial charge in [0.1, 0.15) is 23.6 Å². The molecule has 0 amide bonds. The van der Waals surface area contributed by atoms with Crippen LogP contribution in [0.4, 0.5) is 0 Å². The van der Waals surface area contributed by atoms with Crippen molar-refractivity contribution < 1.29 is 19.1 Å². The summed E-state index contributed by atoms with van der Waals surface area (Å²) in [7, 11) is 1.62. The second-order valence-electron chi connectivity index (χ2n) is 5.89. The minimum atomic E-state index is -0.968. The van der Waals surface area contributed by atoms with Gasteiger partial charge in [-0.15, -0.1) is 0 Å². The van der Waals surface area contributed by atoms with E-state index in [1.54, 1.807) is 13.2 Å². The molecular formula is C20H19NO4. The molecule has 0 fully saturated rings. The third-order valence-electron chi connectivity index (χ3n) is 3.93. The summed E-state index contributed by atoms with van der Waals surface area (Å²) < 4.78 is 11.3. The molecule has 5 nitrogen and oxygen atoms in total. The molecule has 0 aliphatic rings. The Balaban J connectivity index is 2.26. The van der Waals surface area contributed by atoms with E-state index in [9.17, 15) is 4.79 Å². The smallest absolute Gasteiger partial charge is 0.325 e. The number of carboxylic acids is 1. The van der Waals surface area contributed by atoms with E-state index in [0.29, 0.717) is 16.7 Å². The van der Waals surface area contributed by atoms with E-state index in [1.165, 1.54) is 0 Å². The number of carbonyl (C=O) groups is 1. The van der Waals surface area contributed by atoms with E-state index < -0.39 is 5.97 Å². The minimum absolute atomic E-state index is 0.284. The van der Waals surface area contributed by atoms with E-state index in [1.807, 2.05) is 50.2 Å². The molecule has 1 aromatic heterocycles. The minimum Gasteiger partial charge on any atom is -0.497 e. The summed E-state index contributed by atoms with van der Waals surface area (Å²) >= 11 is 0. The van der Waals surface area contributed by atoms with Gasteiger partial charge in [0, 0.05) is 17.0 Å². The van der Waals surface area contributed by atoms with Crippen LogP contribution in [0, 0.1) is 13.8 Å². The van der Waals surface area contributed by atoms with Gasteiger partial charge >= 0.3 is 5.97 Å². The zero-order chi connectivity index (χ0) is 18.0. The SMILES string of the molecule is COc1ccc(-c2cc(=NCC(=O)O)c3cc(C)cc(C)c3o2)cc1. The highest BCUT2D eigenvalue weighted by atomic mass is 16.5. The van der Waals surface area contributed by atoms with Gasteiger partial charge in [0.2, 0.25) is 0 Å². The van der Waals surface area contributed by atoms with Crippen molar-refractivity contribution in [2.45, 2.75) is 13.8 Å². The lowest BCUT2D eigenvalue weighted by Gasteiger charge is -2.09. The Morgan fingerprint density at radius 2 is 1.88 bits per heavy atom. The van der Waals surface area contributed by atoms with Gasteiger partial charge in [0.25, 0.3) is 0 Å².